The first-order valence-electron chi connectivity index (χ1n) is 13.8. The van der Waals surface area contributed by atoms with Crippen LogP contribution in [0.5, 0.6) is 11.5 Å². The third-order valence-corrected chi connectivity index (χ3v) is 7.85. The van der Waals surface area contributed by atoms with Gasteiger partial charge in [-0.05, 0) is 53.0 Å². The summed E-state index contributed by atoms with van der Waals surface area (Å²) in [5.41, 5.74) is 3.09. The van der Waals surface area contributed by atoms with Crippen molar-refractivity contribution in [1.82, 2.24) is 4.90 Å². The van der Waals surface area contributed by atoms with Crippen molar-refractivity contribution in [2.45, 2.75) is 69.6 Å². The molecule has 1 N–H and O–H groups in total. The fraction of sp³-hybridized carbons (Fsp3) is 0.375. The number of carboxylic acid groups (broad SMARTS) is 1. The van der Waals surface area contributed by atoms with Crippen LogP contribution in [0.2, 0.25) is 0 Å². The molecular weight excluding hydrogens is 529 g/mol. The minimum Gasteiger partial charge on any atom is -0.493 e. The minimum atomic E-state index is -1.13. The zero-order valence-electron chi connectivity index (χ0n) is 22.9. The second-order valence-electron chi connectivity index (χ2n) is 10.4. The van der Waals surface area contributed by atoms with Gasteiger partial charge in [-0.3, -0.25) is 4.79 Å². The highest BCUT2D eigenvalue weighted by Gasteiger charge is 2.41. The van der Waals surface area contributed by atoms with E-state index in [1.165, 1.54) is 4.90 Å². The van der Waals surface area contributed by atoms with Crippen LogP contribution in [-0.4, -0.2) is 47.2 Å². The van der Waals surface area contributed by atoms with Crippen molar-refractivity contribution in [1.29, 1.82) is 0 Å². The number of benzene rings is 3. The number of methoxy groups -OCH3 is 1. The van der Waals surface area contributed by atoms with E-state index in [1.54, 1.807) is 25.3 Å². The zero-order valence-corrected chi connectivity index (χ0v) is 22.9. The first-order valence-corrected chi connectivity index (χ1v) is 13.8. The number of carboxylic acids is 1. The molecule has 216 valence electrons. The number of carbonyl (C=O) groups excluding carboxylic acids is 1. The van der Waals surface area contributed by atoms with Gasteiger partial charge in [-0.1, -0.05) is 66.7 Å². The van der Waals surface area contributed by atoms with E-state index in [2.05, 4.69) is 4.94 Å². The first-order chi connectivity index (χ1) is 20.0. The van der Waals surface area contributed by atoms with Crippen molar-refractivity contribution in [2.75, 3.05) is 7.11 Å². The Morgan fingerprint density at radius 3 is 2.24 bits per heavy atom. The number of rotatable bonds is 10. The molecule has 9 heteroatoms. The van der Waals surface area contributed by atoms with E-state index in [-0.39, 0.29) is 25.7 Å². The van der Waals surface area contributed by atoms with E-state index in [9.17, 15) is 19.2 Å². The van der Waals surface area contributed by atoms with E-state index in [1.807, 2.05) is 54.6 Å². The van der Waals surface area contributed by atoms with Gasteiger partial charge in [-0.2, -0.15) is 4.94 Å². The highest BCUT2D eigenvalue weighted by molar-refractivity contribution is 5.88. The molecule has 1 aliphatic carbocycles. The third-order valence-electron chi connectivity index (χ3n) is 7.85. The van der Waals surface area contributed by atoms with E-state index in [0.717, 1.165) is 11.1 Å². The lowest BCUT2D eigenvalue weighted by molar-refractivity contribution is -0.197. The molecule has 1 aliphatic heterocycles. The van der Waals surface area contributed by atoms with Crippen molar-refractivity contribution in [3.63, 3.8) is 0 Å². The van der Waals surface area contributed by atoms with Crippen molar-refractivity contribution in [3.05, 3.63) is 95.1 Å². The van der Waals surface area contributed by atoms with Gasteiger partial charge in [0.2, 0.25) is 0 Å². The van der Waals surface area contributed by atoms with Crippen LogP contribution >= 0.6 is 0 Å². The maximum atomic E-state index is 14.1. The van der Waals surface area contributed by atoms with Crippen LogP contribution in [0.25, 0.3) is 0 Å². The number of hydrogen-bond acceptors (Lipinski definition) is 6. The Morgan fingerprint density at radius 1 is 0.951 bits per heavy atom. The standard InChI is InChI=1S/C32H34FNO7/c1-38-28-17-12-23-19-34(27(32(36)37)18-26(23)30(28)39-20-21-8-4-2-5-9-21)31(35)29(22-10-6-3-7-11-22)40-24-13-15-25(41-33)16-14-24/h2-12,17,24-25,27,29H,13-16,18-20H2,1H3,(H,36,37)/t24?,25?,27?,29-/m0/s1. The maximum Gasteiger partial charge on any atom is 0.326 e. The summed E-state index contributed by atoms with van der Waals surface area (Å²) in [5, 5.41) is 10.3. The van der Waals surface area contributed by atoms with E-state index in [4.69, 9.17) is 14.2 Å². The lowest BCUT2D eigenvalue weighted by Crippen LogP contribution is -2.51. The van der Waals surface area contributed by atoms with Crippen LogP contribution in [-0.2, 0) is 38.8 Å². The summed E-state index contributed by atoms with van der Waals surface area (Å²) in [4.78, 5) is 32.1. The number of aliphatic carboxylic acids is 1. The van der Waals surface area contributed by atoms with Crippen LogP contribution in [0.3, 0.4) is 0 Å². The lowest BCUT2D eigenvalue weighted by Gasteiger charge is -2.38. The van der Waals surface area contributed by atoms with Gasteiger partial charge >= 0.3 is 5.97 Å². The van der Waals surface area contributed by atoms with Gasteiger partial charge in [-0.15, -0.1) is 0 Å². The molecule has 1 fully saturated rings. The number of halogens is 1. The molecule has 3 aromatic rings. The fourth-order valence-corrected chi connectivity index (χ4v) is 5.62. The molecule has 41 heavy (non-hydrogen) atoms. The lowest BCUT2D eigenvalue weighted by atomic mass is 9.91. The summed E-state index contributed by atoms with van der Waals surface area (Å²) in [6.07, 6.45) is 0.358. The average Bonchev–Trinajstić information content (AvgIpc) is 3.02. The molecule has 1 saturated carbocycles. The summed E-state index contributed by atoms with van der Waals surface area (Å²) in [6.45, 7) is 0.361. The molecule has 0 aromatic heterocycles. The highest BCUT2D eigenvalue weighted by atomic mass is 19.3. The van der Waals surface area contributed by atoms with Crippen LogP contribution in [0.1, 0.15) is 54.0 Å². The Labute approximate surface area is 238 Å². The molecule has 8 nitrogen and oxygen atoms in total. The van der Waals surface area contributed by atoms with Crippen molar-refractivity contribution in [2.24, 2.45) is 0 Å². The molecule has 3 aromatic carbocycles. The van der Waals surface area contributed by atoms with E-state index >= 15 is 0 Å². The summed E-state index contributed by atoms with van der Waals surface area (Å²) in [6, 6.07) is 21.2. The molecule has 2 atom stereocenters. The molecule has 0 bridgehead atoms. The topological polar surface area (TPSA) is 94.5 Å². The van der Waals surface area contributed by atoms with E-state index < -0.39 is 30.1 Å². The summed E-state index contributed by atoms with van der Waals surface area (Å²) in [5.74, 6) is -0.564. The van der Waals surface area contributed by atoms with Gasteiger partial charge in [0.15, 0.2) is 17.6 Å². The molecule has 1 amide bonds. The average molecular weight is 564 g/mol. The molecule has 2 aliphatic rings. The second-order valence-corrected chi connectivity index (χ2v) is 10.4. The first kappa shape index (κ1) is 28.6. The molecule has 1 heterocycles. The van der Waals surface area contributed by atoms with E-state index in [0.29, 0.717) is 48.3 Å². The minimum absolute atomic E-state index is 0.0538. The maximum absolute atomic E-state index is 14.1. The number of carbonyl (C=O) groups is 2. The summed E-state index contributed by atoms with van der Waals surface area (Å²) < 4.78 is 30.8. The van der Waals surface area contributed by atoms with Crippen molar-refractivity contribution in [3.8, 4) is 11.5 Å². The van der Waals surface area contributed by atoms with Gasteiger partial charge in [0.25, 0.3) is 5.91 Å². The number of hydrogen-bond donors (Lipinski definition) is 1. The Balaban J connectivity index is 1.43. The highest BCUT2D eigenvalue weighted by Crippen LogP contribution is 2.40. The van der Waals surface area contributed by atoms with Crippen molar-refractivity contribution < 1.29 is 38.4 Å². The molecular formula is C32H34FNO7. The molecule has 0 spiro atoms. The number of amides is 1. The van der Waals surface area contributed by atoms with Crippen LogP contribution < -0.4 is 9.47 Å². The summed E-state index contributed by atoms with van der Waals surface area (Å²) in [7, 11) is 1.54. The fourth-order valence-electron chi connectivity index (χ4n) is 5.62. The predicted molar refractivity (Wildman–Crippen MR) is 148 cm³/mol. The predicted octanol–water partition coefficient (Wildman–Crippen LogP) is 5.58. The number of nitrogens with zero attached hydrogens (tertiary/aromatic N) is 1. The van der Waals surface area contributed by atoms with Crippen LogP contribution in [0.15, 0.2) is 72.8 Å². The van der Waals surface area contributed by atoms with Gasteiger partial charge in [-0.25, -0.2) is 4.79 Å². The largest absolute Gasteiger partial charge is 0.493 e. The Kier molecular flexibility index (Phi) is 9.16. The smallest absolute Gasteiger partial charge is 0.326 e. The molecule has 5 rings (SSSR count). The number of ether oxygens (including phenoxy) is 3. The number of fused-ring (bicyclic) bond motifs is 1. The van der Waals surface area contributed by atoms with Crippen LogP contribution in [0.4, 0.5) is 4.53 Å². The molecule has 1 unspecified atom stereocenters. The SMILES string of the molecule is COc1ccc2c(c1OCc1ccccc1)CC(C(=O)O)N(C(=O)[C@@H](OC1CCC(OF)CC1)c1ccccc1)C2. The summed E-state index contributed by atoms with van der Waals surface area (Å²) >= 11 is 0. The quantitative estimate of drug-likeness (QED) is 0.344. The second kappa shape index (κ2) is 13.1. The van der Waals surface area contributed by atoms with Gasteiger partial charge in [0.1, 0.15) is 12.6 Å². The van der Waals surface area contributed by atoms with Crippen LogP contribution in [0, 0.1) is 0 Å². The van der Waals surface area contributed by atoms with Gasteiger partial charge < -0.3 is 24.2 Å². The Bertz CT molecular complexity index is 1330. The normalized spacial score (nSPS) is 21.0. The molecule has 0 radical (unpaired) electrons. The van der Waals surface area contributed by atoms with Gasteiger partial charge in [0.05, 0.1) is 19.3 Å². The Hall–Kier alpha value is -3.95. The van der Waals surface area contributed by atoms with Gasteiger partial charge in [0, 0.05) is 18.5 Å². The molecule has 0 saturated heterocycles. The van der Waals surface area contributed by atoms with Crippen molar-refractivity contribution >= 4 is 11.9 Å². The zero-order chi connectivity index (χ0) is 28.8. The Morgan fingerprint density at radius 2 is 1.61 bits per heavy atom. The monoisotopic (exact) mass is 563 g/mol. The third kappa shape index (κ3) is 6.52.